The zero-order valence-electron chi connectivity index (χ0n) is 13.1. The fourth-order valence-corrected chi connectivity index (χ4v) is 1.95. The van der Waals surface area contributed by atoms with Crippen molar-refractivity contribution in [3.63, 3.8) is 0 Å². The van der Waals surface area contributed by atoms with Gasteiger partial charge in [0.15, 0.2) is 0 Å². The number of anilines is 1. The Kier molecular flexibility index (Phi) is 5.09. The van der Waals surface area contributed by atoms with Crippen molar-refractivity contribution in [2.45, 2.75) is 33.1 Å². The first-order chi connectivity index (χ1) is 10.1. The van der Waals surface area contributed by atoms with E-state index >= 15 is 0 Å². The SMILES string of the molecule is CNc1nc(C(C)C)nc(OCCc2ccccn2)c1C. The van der Waals surface area contributed by atoms with Crippen LogP contribution in [0.15, 0.2) is 24.4 Å². The van der Waals surface area contributed by atoms with Crippen molar-refractivity contribution in [2.24, 2.45) is 0 Å². The number of pyridine rings is 1. The predicted octanol–water partition coefficient (Wildman–Crippen LogP) is 2.97. The molecule has 0 atom stereocenters. The summed E-state index contributed by atoms with van der Waals surface area (Å²) in [6, 6.07) is 5.88. The number of aromatic nitrogens is 3. The Bertz CT molecular complexity index is 584. The summed E-state index contributed by atoms with van der Waals surface area (Å²) in [6.07, 6.45) is 2.55. The zero-order chi connectivity index (χ0) is 15.2. The molecule has 0 aliphatic carbocycles. The van der Waals surface area contributed by atoms with Crippen LogP contribution in [-0.4, -0.2) is 28.6 Å². The van der Waals surface area contributed by atoms with Gasteiger partial charge in [0.1, 0.15) is 11.6 Å². The lowest BCUT2D eigenvalue weighted by Crippen LogP contribution is -2.10. The van der Waals surface area contributed by atoms with Crippen molar-refractivity contribution in [1.82, 2.24) is 15.0 Å². The van der Waals surface area contributed by atoms with Gasteiger partial charge in [0.2, 0.25) is 5.88 Å². The second-order valence-corrected chi connectivity index (χ2v) is 5.18. The van der Waals surface area contributed by atoms with Crippen LogP contribution in [-0.2, 0) is 6.42 Å². The molecule has 0 bridgehead atoms. The third kappa shape index (κ3) is 3.90. The summed E-state index contributed by atoms with van der Waals surface area (Å²) in [4.78, 5) is 13.3. The lowest BCUT2D eigenvalue weighted by molar-refractivity contribution is 0.304. The van der Waals surface area contributed by atoms with Crippen molar-refractivity contribution >= 4 is 5.82 Å². The Morgan fingerprint density at radius 3 is 2.67 bits per heavy atom. The van der Waals surface area contributed by atoms with E-state index in [1.54, 1.807) is 6.20 Å². The first-order valence-corrected chi connectivity index (χ1v) is 7.20. The van der Waals surface area contributed by atoms with Crippen LogP contribution in [0.3, 0.4) is 0 Å². The summed E-state index contributed by atoms with van der Waals surface area (Å²) >= 11 is 0. The molecule has 5 nitrogen and oxygen atoms in total. The fourth-order valence-electron chi connectivity index (χ4n) is 1.95. The van der Waals surface area contributed by atoms with Gasteiger partial charge in [-0.1, -0.05) is 19.9 Å². The molecular weight excluding hydrogens is 264 g/mol. The first kappa shape index (κ1) is 15.2. The van der Waals surface area contributed by atoms with Crippen LogP contribution in [0, 0.1) is 6.92 Å². The molecule has 2 aromatic heterocycles. The van der Waals surface area contributed by atoms with Crippen LogP contribution in [0.25, 0.3) is 0 Å². The van der Waals surface area contributed by atoms with E-state index in [1.807, 2.05) is 32.2 Å². The summed E-state index contributed by atoms with van der Waals surface area (Å²) in [7, 11) is 1.86. The number of rotatable bonds is 6. The number of nitrogens with one attached hydrogen (secondary N) is 1. The Labute approximate surface area is 125 Å². The van der Waals surface area contributed by atoms with Gasteiger partial charge in [0, 0.05) is 31.3 Å². The molecule has 0 saturated carbocycles. The lowest BCUT2D eigenvalue weighted by atomic mass is 10.2. The van der Waals surface area contributed by atoms with Crippen LogP contribution in [0.5, 0.6) is 5.88 Å². The highest BCUT2D eigenvalue weighted by Gasteiger charge is 2.13. The monoisotopic (exact) mass is 286 g/mol. The van der Waals surface area contributed by atoms with Crippen molar-refractivity contribution < 1.29 is 4.74 Å². The molecule has 2 aromatic rings. The molecule has 5 heteroatoms. The van der Waals surface area contributed by atoms with E-state index in [4.69, 9.17) is 4.74 Å². The van der Waals surface area contributed by atoms with Crippen LogP contribution in [0.2, 0.25) is 0 Å². The summed E-state index contributed by atoms with van der Waals surface area (Å²) in [5, 5.41) is 3.10. The summed E-state index contributed by atoms with van der Waals surface area (Å²) in [5.41, 5.74) is 1.95. The maximum Gasteiger partial charge on any atom is 0.221 e. The van der Waals surface area contributed by atoms with Gasteiger partial charge in [0.05, 0.1) is 12.2 Å². The normalized spacial score (nSPS) is 10.7. The van der Waals surface area contributed by atoms with Gasteiger partial charge < -0.3 is 10.1 Å². The first-order valence-electron chi connectivity index (χ1n) is 7.20. The molecule has 0 unspecified atom stereocenters. The standard InChI is InChI=1S/C16H22N4O/c1-11(2)14-19-15(17-4)12(3)16(20-14)21-10-8-13-7-5-6-9-18-13/h5-7,9,11H,8,10H2,1-4H3,(H,17,19,20). The highest BCUT2D eigenvalue weighted by atomic mass is 16.5. The topological polar surface area (TPSA) is 59.9 Å². The smallest absolute Gasteiger partial charge is 0.221 e. The number of hydrogen-bond acceptors (Lipinski definition) is 5. The van der Waals surface area contributed by atoms with Gasteiger partial charge in [-0.05, 0) is 19.1 Å². The van der Waals surface area contributed by atoms with E-state index < -0.39 is 0 Å². The number of hydrogen-bond donors (Lipinski definition) is 1. The minimum atomic E-state index is 0.260. The van der Waals surface area contributed by atoms with Gasteiger partial charge in [-0.15, -0.1) is 0 Å². The van der Waals surface area contributed by atoms with Gasteiger partial charge in [0.25, 0.3) is 0 Å². The van der Waals surface area contributed by atoms with Crippen LogP contribution in [0.4, 0.5) is 5.82 Å². The van der Waals surface area contributed by atoms with E-state index in [1.165, 1.54) is 0 Å². The Morgan fingerprint density at radius 1 is 1.24 bits per heavy atom. The lowest BCUT2D eigenvalue weighted by Gasteiger charge is -2.14. The average molecular weight is 286 g/mol. The molecule has 0 spiro atoms. The zero-order valence-corrected chi connectivity index (χ0v) is 13.1. The second-order valence-electron chi connectivity index (χ2n) is 5.18. The fraction of sp³-hybridized carbons (Fsp3) is 0.438. The Morgan fingerprint density at radius 2 is 2.05 bits per heavy atom. The quantitative estimate of drug-likeness (QED) is 0.884. The van der Waals surface area contributed by atoms with Gasteiger partial charge in [-0.3, -0.25) is 4.98 Å². The predicted molar refractivity (Wildman–Crippen MR) is 83.8 cm³/mol. The maximum atomic E-state index is 5.84. The molecule has 0 aliphatic heterocycles. The highest BCUT2D eigenvalue weighted by molar-refractivity contribution is 5.48. The number of nitrogens with zero attached hydrogens (tertiary/aromatic N) is 3. The molecule has 0 aromatic carbocycles. The van der Waals surface area contributed by atoms with Crippen LogP contribution >= 0.6 is 0 Å². The highest BCUT2D eigenvalue weighted by Crippen LogP contribution is 2.24. The summed E-state index contributed by atoms with van der Waals surface area (Å²) in [6.45, 7) is 6.66. The molecule has 0 saturated heterocycles. The average Bonchev–Trinajstić information content (AvgIpc) is 2.49. The van der Waals surface area contributed by atoms with E-state index in [0.717, 1.165) is 29.3 Å². The van der Waals surface area contributed by atoms with Crippen molar-refractivity contribution in [3.05, 3.63) is 41.5 Å². The van der Waals surface area contributed by atoms with Gasteiger partial charge in [-0.25, -0.2) is 4.98 Å². The van der Waals surface area contributed by atoms with E-state index in [0.29, 0.717) is 12.5 Å². The van der Waals surface area contributed by atoms with E-state index in [9.17, 15) is 0 Å². The molecule has 2 rings (SSSR count). The van der Waals surface area contributed by atoms with Crippen LogP contribution < -0.4 is 10.1 Å². The molecular formula is C16H22N4O. The molecule has 0 amide bonds. The molecule has 0 aliphatic rings. The third-order valence-corrected chi connectivity index (χ3v) is 3.19. The third-order valence-electron chi connectivity index (χ3n) is 3.19. The van der Waals surface area contributed by atoms with Crippen molar-refractivity contribution in [3.8, 4) is 5.88 Å². The minimum Gasteiger partial charge on any atom is -0.477 e. The molecule has 1 N–H and O–H groups in total. The summed E-state index contributed by atoms with van der Waals surface area (Å²) < 4.78 is 5.84. The maximum absolute atomic E-state index is 5.84. The van der Waals surface area contributed by atoms with E-state index in [-0.39, 0.29) is 5.92 Å². The Hall–Kier alpha value is -2.17. The molecule has 112 valence electrons. The van der Waals surface area contributed by atoms with E-state index in [2.05, 4.69) is 34.1 Å². The second kappa shape index (κ2) is 7.02. The van der Waals surface area contributed by atoms with Crippen molar-refractivity contribution in [2.75, 3.05) is 19.0 Å². The number of ether oxygens (including phenoxy) is 1. The molecule has 21 heavy (non-hydrogen) atoms. The van der Waals surface area contributed by atoms with Crippen molar-refractivity contribution in [1.29, 1.82) is 0 Å². The summed E-state index contributed by atoms with van der Waals surface area (Å²) in [5.74, 6) is 2.52. The largest absolute Gasteiger partial charge is 0.477 e. The minimum absolute atomic E-state index is 0.260. The van der Waals surface area contributed by atoms with Gasteiger partial charge >= 0.3 is 0 Å². The molecule has 0 radical (unpaired) electrons. The molecule has 0 fully saturated rings. The van der Waals surface area contributed by atoms with Gasteiger partial charge in [-0.2, -0.15) is 4.98 Å². The van der Waals surface area contributed by atoms with Crippen LogP contribution in [0.1, 0.15) is 36.8 Å². The molecule has 2 heterocycles. The Balaban J connectivity index is 2.10.